The molecule has 94 valence electrons. The third-order valence-electron chi connectivity index (χ3n) is 1.97. The summed E-state index contributed by atoms with van der Waals surface area (Å²) in [5, 5.41) is 3.81. The Hall–Kier alpha value is -1.27. The lowest BCUT2D eigenvalue weighted by molar-refractivity contribution is 0.0527. The molecule has 0 aromatic carbocycles. The Balaban J connectivity index is 3.19. The van der Waals surface area contributed by atoms with Crippen molar-refractivity contribution < 1.29 is 14.3 Å². The molecule has 0 aliphatic carbocycles. The van der Waals surface area contributed by atoms with Crippen LogP contribution in [0.5, 0.6) is 0 Å². The Labute approximate surface area is 108 Å². The van der Waals surface area contributed by atoms with E-state index in [-0.39, 0.29) is 23.7 Å². The third kappa shape index (κ3) is 2.70. The second-order valence-corrected chi connectivity index (χ2v) is 4.21. The molecule has 2 N–H and O–H groups in total. The Morgan fingerprint density at radius 2 is 2.12 bits per heavy atom. The van der Waals surface area contributed by atoms with Gasteiger partial charge in [-0.2, -0.15) is 9.78 Å². The third-order valence-corrected chi connectivity index (χ3v) is 2.34. The minimum absolute atomic E-state index is 0.0502. The summed E-state index contributed by atoms with van der Waals surface area (Å²) in [6, 6.07) is 0. The lowest BCUT2D eigenvalue weighted by atomic mass is 10.2. The number of ether oxygens (including phenoxy) is 1. The van der Waals surface area contributed by atoms with Crippen LogP contribution in [0.25, 0.3) is 0 Å². The predicted molar refractivity (Wildman–Crippen MR) is 63.5 cm³/mol. The summed E-state index contributed by atoms with van der Waals surface area (Å²) >= 11 is 10.8. The molecule has 0 fully saturated rings. The van der Waals surface area contributed by atoms with Crippen LogP contribution in [-0.2, 0) is 4.74 Å². The van der Waals surface area contributed by atoms with E-state index in [1.54, 1.807) is 6.92 Å². The van der Waals surface area contributed by atoms with Crippen molar-refractivity contribution in [1.82, 2.24) is 9.78 Å². The van der Waals surface area contributed by atoms with E-state index in [2.05, 4.69) is 5.10 Å². The van der Waals surface area contributed by atoms with E-state index < -0.39 is 16.7 Å². The highest BCUT2D eigenvalue weighted by molar-refractivity contribution is 6.53. The van der Waals surface area contributed by atoms with E-state index in [1.807, 2.05) is 0 Å². The molecule has 1 aromatic rings. The van der Waals surface area contributed by atoms with Gasteiger partial charge in [-0.3, -0.25) is 4.79 Å². The molecule has 1 rings (SSSR count). The molecule has 8 heteroatoms. The molecule has 0 radical (unpaired) electrons. The lowest BCUT2D eigenvalue weighted by Gasteiger charge is -2.04. The SMILES string of the molecule is CCOC(=O)c1c(C)nn(C(=O)C(Cl)Cl)c1N. The fourth-order valence-electron chi connectivity index (χ4n) is 1.26. The molecule has 0 saturated heterocycles. The standard InChI is InChI=1S/C9H11Cl2N3O3/c1-3-17-9(16)5-4(2)13-14(7(5)12)8(15)6(10)11/h6H,3,12H2,1-2H3. The second-order valence-electron chi connectivity index (χ2n) is 3.12. The van der Waals surface area contributed by atoms with Gasteiger partial charge in [0.25, 0.3) is 5.91 Å². The van der Waals surface area contributed by atoms with Crippen LogP contribution in [0.15, 0.2) is 0 Å². The van der Waals surface area contributed by atoms with Crippen LogP contribution in [0.4, 0.5) is 5.82 Å². The first kappa shape index (κ1) is 13.8. The number of carbonyl (C=O) groups is 2. The number of hydrogen-bond donors (Lipinski definition) is 1. The minimum Gasteiger partial charge on any atom is -0.462 e. The van der Waals surface area contributed by atoms with Crippen LogP contribution in [-0.4, -0.2) is 33.1 Å². The van der Waals surface area contributed by atoms with Crippen LogP contribution in [0, 0.1) is 6.92 Å². The monoisotopic (exact) mass is 279 g/mol. The largest absolute Gasteiger partial charge is 0.462 e. The molecule has 0 unspecified atom stereocenters. The second kappa shape index (κ2) is 5.37. The number of aryl methyl sites for hydroxylation is 1. The molecule has 6 nitrogen and oxygen atoms in total. The van der Waals surface area contributed by atoms with Gasteiger partial charge in [0.2, 0.25) is 0 Å². The lowest BCUT2D eigenvalue weighted by Crippen LogP contribution is -2.21. The Bertz CT molecular complexity index is 457. The number of nitrogen functional groups attached to an aromatic ring is 1. The number of hydrogen-bond acceptors (Lipinski definition) is 5. The number of halogens is 2. The van der Waals surface area contributed by atoms with Gasteiger partial charge in [0.05, 0.1) is 12.3 Å². The molecule has 0 bridgehead atoms. The summed E-state index contributed by atoms with van der Waals surface area (Å²) in [4.78, 5) is 21.8. The van der Waals surface area contributed by atoms with Crippen molar-refractivity contribution in [2.24, 2.45) is 0 Å². The van der Waals surface area contributed by atoms with E-state index in [9.17, 15) is 9.59 Å². The number of nitrogens with zero attached hydrogens (tertiary/aromatic N) is 2. The van der Waals surface area contributed by atoms with Gasteiger partial charge in [0.15, 0.2) is 4.84 Å². The molecule has 0 spiro atoms. The number of anilines is 1. The maximum absolute atomic E-state index is 11.6. The summed E-state index contributed by atoms with van der Waals surface area (Å²) in [5.74, 6) is -1.48. The molecule has 0 aliphatic rings. The highest BCUT2D eigenvalue weighted by Crippen LogP contribution is 2.19. The average Bonchev–Trinajstić information content (AvgIpc) is 2.53. The quantitative estimate of drug-likeness (QED) is 0.667. The first-order valence-electron chi connectivity index (χ1n) is 4.74. The van der Waals surface area contributed by atoms with Gasteiger partial charge in [0.1, 0.15) is 11.4 Å². The maximum Gasteiger partial charge on any atom is 0.343 e. The number of nitrogens with two attached hydrogens (primary N) is 1. The summed E-state index contributed by atoms with van der Waals surface area (Å²) in [6.07, 6.45) is 0. The zero-order valence-corrected chi connectivity index (χ0v) is 10.7. The molecule has 1 heterocycles. The fraction of sp³-hybridized carbons (Fsp3) is 0.444. The van der Waals surface area contributed by atoms with Gasteiger partial charge in [-0.15, -0.1) is 0 Å². The Kier molecular flexibility index (Phi) is 4.36. The van der Waals surface area contributed by atoms with Crippen molar-refractivity contribution in [3.63, 3.8) is 0 Å². The van der Waals surface area contributed by atoms with Crippen LogP contribution in [0.2, 0.25) is 0 Å². The number of alkyl halides is 2. The minimum atomic E-state index is -1.30. The van der Waals surface area contributed by atoms with Crippen LogP contribution >= 0.6 is 23.2 Å². The topological polar surface area (TPSA) is 87.2 Å². The van der Waals surface area contributed by atoms with E-state index in [0.29, 0.717) is 0 Å². The van der Waals surface area contributed by atoms with Crippen molar-refractivity contribution in [3.8, 4) is 0 Å². The molecule has 0 saturated carbocycles. The number of aromatic nitrogens is 2. The molecule has 1 aromatic heterocycles. The first-order chi connectivity index (χ1) is 7.90. The smallest absolute Gasteiger partial charge is 0.343 e. The summed E-state index contributed by atoms with van der Waals surface area (Å²) in [5.41, 5.74) is 5.97. The van der Waals surface area contributed by atoms with Gasteiger partial charge < -0.3 is 10.5 Å². The molecule has 0 aliphatic heterocycles. The zero-order chi connectivity index (χ0) is 13.2. The normalized spacial score (nSPS) is 10.6. The fourth-order valence-corrected chi connectivity index (χ4v) is 1.45. The van der Waals surface area contributed by atoms with Gasteiger partial charge in [-0.1, -0.05) is 23.2 Å². The van der Waals surface area contributed by atoms with Crippen molar-refractivity contribution in [1.29, 1.82) is 0 Å². The van der Waals surface area contributed by atoms with Crippen molar-refractivity contribution in [2.45, 2.75) is 18.7 Å². The molecular weight excluding hydrogens is 269 g/mol. The van der Waals surface area contributed by atoms with Crippen molar-refractivity contribution in [3.05, 3.63) is 11.3 Å². The summed E-state index contributed by atoms with van der Waals surface area (Å²) in [6.45, 7) is 3.39. The van der Waals surface area contributed by atoms with Crippen LogP contribution in [0.1, 0.15) is 27.8 Å². The van der Waals surface area contributed by atoms with Crippen molar-refractivity contribution in [2.75, 3.05) is 12.3 Å². The van der Waals surface area contributed by atoms with Crippen LogP contribution < -0.4 is 5.73 Å². The van der Waals surface area contributed by atoms with E-state index >= 15 is 0 Å². The highest BCUT2D eigenvalue weighted by atomic mass is 35.5. The Morgan fingerprint density at radius 1 is 1.53 bits per heavy atom. The molecule has 0 amide bonds. The zero-order valence-electron chi connectivity index (χ0n) is 9.24. The number of esters is 1. The first-order valence-corrected chi connectivity index (χ1v) is 5.62. The maximum atomic E-state index is 11.6. The Morgan fingerprint density at radius 3 is 2.59 bits per heavy atom. The summed E-state index contributed by atoms with van der Waals surface area (Å²) < 4.78 is 5.59. The van der Waals surface area contributed by atoms with E-state index in [4.69, 9.17) is 33.7 Å². The highest BCUT2D eigenvalue weighted by Gasteiger charge is 2.26. The van der Waals surface area contributed by atoms with Gasteiger partial charge in [-0.05, 0) is 13.8 Å². The van der Waals surface area contributed by atoms with E-state index in [0.717, 1.165) is 4.68 Å². The predicted octanol–water partition coefficient (Wildman–Crippen LogP) is 1.39. The van der Waals surface area contributed by atoms with E-state index in [1.165, 1.54) is 6.92 Å². The molecule has 17 heavy (non-hydrogen) atoms. The van der Waals surface area contributed by atoms with Crippen LogP contribution in [0.3, 0.4) is 0 Å². The number of carbonyl (C=O) groups excluding carboxylic acids is 2. The molecule has 0 atom stereocenters. The number of rotatable bonds is 3. The van der Waals surface area contributed by atoms with Crippen molar-refractivity contribution >= 4 is 40.9 Å². The van der Waals surface area contributed by atoms with Gasteiger partial charge in [0, 0.05) is 0 Å². The average molecular weight is 280 g/mol. The van der Waals surface area contributed by atoms with Gasteiger partial charge >= 0.3 is 5.97 Å². The van der Waals surface area contributed by atoms with Gasteiger partial charge in [-0.25, -0.2) is 4.79 Å². The summed E-state index contributed by atoms with van der Waals surface area (Å²) in [7, 11) is 0. The molecular formula is C9H11Cl2N3O3.